The maximum Gasteiger partial charge on any atom is 0.422 e. The second kappa shape index (κ2) is 7.17. The molecule has 2 aromatic rings. The molecule has 0 aromatic heterocycles. The Hall–Kier alpha value is -2.21. The third-order valence-electron chi connectivity index (χ3n) is 2.74. The lowest BCUT2D eigenvalue weighted by Gasteiger charge is -2.14. The summed E-state index contributed by atoms with van der Waals surface area (Å²) in [6, 6.07) is 13.0. The fourth-order valence-corrected chi connectivity index (χ4v) is 1.81. The molecule has 22 heavy (non-hydrogen) atoms. The van der Waals surface area contributed by atoms with Crippen molar-refractivity contribution < 1.29 is 22.7 Å². The van der Waals surface area contributed by atoms with Gasteiger partial charge in [-0.25, -0.2) is 0 Å². The lowest BCUT2D eigenvalue weighted by Crippen LogP contribution is -2.20. The van der Waals surface area contributed by atoms with Crippen molar-refractivity contribution in [1.82, 2.24) is 0 Å². The molecule has 0 atom stereocenters. The summed E-state index contributed by atoms with van der Waals surface area (Å²) in [5, 5.41) is 0. The molecule has 118 valence electrons. The average molecular weight is 332 g/mol. The zero-order valence-corrected chi connectivity index (χ0v) is 12.1. The van der Waals surface area contributed by atoms with Gasteiger partial charge in [0.25, 0.3) is 0 Å². The molecule has 0 aliphatic rings. The van der Waals surface area contributed by atoms with E-state index in [0.29, 0.717) is 11.1 Å². The van der Waals surface area contributed by atoms with Gasteiger partial charge in [0, 0.05) is 11.1 Å². The van der Waals surface area contributed by atoms with Gasteiger partial charge >= 0.3 is 6.18 Å². The Labute approximate surface area is 131 Å². The molecular weight excluding hydrogens is 319 g/mol. The van der Waals surface area contributed by atoms with E-state index in [-0.39, 0.29) is 23.7 Å². The van der Waals surface area contributed by atoms with Gasteiger partial charge in [0.1, 0.15) is 5.75 Å². The molecule has 1 amide bonds. The first-order chi connectivity index (χ1) is 9.87. The lowest BCUT2D eigenvalue weighted by atomic mass is 10.0. The minimum absolute atomic E-state index is 0. The quantitative estimate of drug-likeness (QED) is 0.926. The van der Waals surface area contributed by atoms with Crippen LogP contribution in [0.25, 0.3) is 11.1 Å². The van der Waals surface area contributed by atoms with E-state index in [9.17, 15) is 18.0 Å². The van der Waals surface area contributed by atoms with Crippen LogP contribution in [0.1, 0.15) is 10.4 Å². The second-order valence-electron chi connectivity index (χ2n) is 4.35. The molecule has 2 N–H and O–H groups in total. The predicted octanol–water partition coefficient (Wildman–Crippen LogP) is 3.82. The molecule has 2 rings (SSSR count). The zero-order valence-electron chi connectivity index (χ0n) is 11.3. The average Bonchev–Trinajstić information content (AvgIpc) is 2.45. The molecule has 0 heterocycles. The molecule has 0 radical (unpaired) electrons. The van der Waals surface area contributed by atoms with Crippen molar-refractivity contribution in [3.8, 4) is 16.9 Å². The van der Waals surface area contributed by atoms with E-state index in [4.69, 9.17) is 10.5 Å². The number of halogens is 4. The molecule has 0 saturated carbocycles. The van der Waals surface area contributed by atoms with Crippen LogP contribution in [-0.2, 0) is 0 Å². The Morgan fingerprint density at radius 3 is 2.27 bits per heavy atom. The van der Waals surface area contributed by atoms with Gasteiger partial charge in [-0.15, -0.1) is 12.4 Å². The Bertz CT molecular complexity index is 645. The topological polar surface area (TPSA) is 52.3 Å². The molecule has 7 heteroatoms. The van der Waals surface area contributed by atoms with Crippen molar-refractivity contribution in [3.05, 3.63) is 54.1 Å². The first kappa shape index (κ1) is 17.8. The first-order valence-electron chi connectivity index (χ1n) is 6.05. The van der Waals surface area contributed by atoms with Crippen molar-refractivity contribution in [2.24, 2.45) is 5.73 Å². The molecule has 0 unspecified atom stereocenters. The summed E-state index contributed by atoms with van der Waals surface area (Å²) in [7, 11) is 0. The minimum Gasteiger partial charge on any atom is -0.483 e. The number of carbonyl (C=O) groups excluding carboxylic acids is 1. The summed E-state index contributed by atoms with van der Waals surface area (Å²) in [6.45, 7) is -1.44. The van der Waals surface area contributed by atoms with Crippen molar-refractivity contribution in [2.75, 3.05) is 6.61 Å². The number of nitrogens with two attached hydrogens (primary N) is 1. The number of alkyl halides is 3. The van der Waals surface area contributed by atoms with Crippen LogP contribution in [0.4, 0.5) is 13.2 Å². The van der Waals surface area contributed by atoms with Gasteiger partial charge in [0.2, 0.25) is 5.91 Å². The molecule has 0 aliphatic carbocycles. The van der Waals surface area contributed by atoms with Gasteiger partial charge in [-0.05, 0) is 23.8 Å². The Morgan fingerprint density at radius 1 is 1.09 bits per heavy atom. The van der Waals surface area contributed by atoms with Gasteiger partial charge in [0.15, 0.2) is 6.61 Å². The van der Waals surface area contributed by atoms with Crippen LogP contribution < -0.4 is 10.5 Å². The predicted molar refractivity (Wildman–Crippen MR) is 79.2 cm³/mol. The highest BCUT2D eigenvalue weighted by atomic mass is 35.5. The monoisotopic (exact) mass is 331 g/mol. The molecule has 2 aromatic carbocycles. The number of hydrogen-bond donors (Lipinski definition) is 1. The molecule has 0 saturated heterocycles. The highest BCUT2D eigenvalue weighted by molar-refractivity contribution is 5.94. The number of amides is 1. The smallest absolute Gasteiger partial charge is 0.422 e. The Balaban J connectivity index is 0.00000242. The maximum atomic E-state index is 12.3. The van der Waals surface area contributed by atoms with Crippen LogP contribution >= 0.6 is 12.4 Å². The van der Waals surface area contributed by atoms with E-state index in [1.807, 2.05) is 0 Å². The highest BCUT2D eigenvalue weighted by Crippen LogP contribution is 2.32. The van der Waals surface area contributed by atoms with Crippen LogP contribution in [0.5, 0.6) is 5.75 Å². The van der Waals surface area contributed by atoms with Crippen molar-refractivity contribution >= 4 is 18.3 Å². The third kappa shape index (κ3) is 4.66. The summed E-state index contributed by atoms with van der Waals surface area (Å²) >= 11 is 0. The molecule has 0 aliphatic heterocycles. The Morgan fingerprint density at radius 2 is 1.73 bits per heavy atom. The van der Waals surface area contributed by atoms with Gasteiger partial charge in [0.05, 0.1) is 0 Å². The normalized spacial score (nSPS) is 10.7. The molecule has 0 bridgehead atoms. The highest BCUT2D eigenvalue weighted by Gasteiger charge is 2.29. The summed E-state index contributed by atoms with van der Waals surface area (Å²) in [6.07, 6.45) is -4.46. The summed E-state index contributed by atoms with van der Waals surface area (Å²) in [5.74, 6) is -0.763. The van der Waals surface area contributed by atoms with Gasteiger partial charge in [-0.1, -0.05) is 30.3 Å². The van der Waals surface area contributed by atoms with Gasteiger partial charge < -0.3 is 10.5 Å². The lowest BCUT2D eigenvalue weighted by molar-refractivity contribution is -0.153. The minimum atomic E-state index is -4.46. The van der Waals surface area contributed by atoms with Crippen LogP contribution in [0.2, 0.25) is 0 Å². The van der Waals surface area contributed by atoms with E-state index in [0.717, 1.165) is 0 Å². The Kier molecular flexibility index (Phi) is 5.82. The van der Waals surface area contributed by atoms with Crippen molar-refractivity contribution in [2.45, 2.75) is 6.18 Å². The van der Waals surface area contributed by atoms with Gasteiger partial charge in [-0.3, -0.25) is 4.79 Å². The molecule has 0 spiro atoms. The van der Waals surface area contributed by atoms with E-state index in [1.165, 1.54) is 18.2 Å². The maximum absolute atomic E-state index is 12.3. The van der Waals surface area contributed by atoms with E-state index in [1.54, 1.807) is 30.3 Å². The number of hydrogen-bond acceptors (Lipinski definition) is 2. The van der Waals surface area contributed by atoms with E-state index in [2.05, 4.69) is 0 Å². The van der Waals surface area contributed by atoms with Gasteiger partial charge in [-0.2, -0.15) is 13.2 Å². The number of ether oxygens (including phenoxy) is 1. The van der Waals surface area contributed by atoms with Crippen molar-refractivity contribution in [1.29, 1.82) is 0 Å². The van der Waals surface area contributed by atoms with Crippen molar-refractivity contribution in [3.63, 3.8) is 0 Å². The van der Waals surface area contributed by atoms with Crippen LogP contribution in [-0.4, -0.2) is 18.7 Å². The standard InChI is InChI=1S/C15H12F3NO2.ClH/c16-15(17,18)9-21-13-8-11(14(19)20)6-7-12(13)10-4-2-1-3-5-10;/h1-8H,9H2,(H2,19,20);1H. The zero-order chi connectivity index (χ0) is 15.5. The summed E-state index contributed by atoms with van der Waals surface area (Å²) in [4.78, 5) is 11.1. The SMILES string of the molecule is Cl.NC(=O)c1ccc(-c2ccccc2)c(OCC(F)(F)F)c1. The third-order valence-corrected chi connectivity index (χ3v) is 2.74. The fourth-order valence-electron chi connectivity index (χ4n) is 1.81. The molecule has 3 nitrogen and oxygen atoms in total. The molecule has 0 fully saturated rings. The van der Waals surface area contributed by atoms with E-state index >= 15 is 0 Å². The number of carbonyl (C=O) groups is 1. The fraction of sp³-hybridized carbons (Fsp3) is 0.133. The number of primary amides is 1. The second-order valence-corrected chi connectivity index (χ2v) is 4.35. The number of benzene rings is 2. The largest absolute Gasteiger partial charge is 0.483 e. The number of rotatable bonds is 4. The van der Waals surface area contributed by atoms with E-state index < -0.39 is 18.7 Å². The van der Waals surface area contributed by atoms with Crippen LogP contribution in [0.3, 0.4) is 0 Å². The summed E-state index contributed by atoms with van der Waals surface area (Å²) < 4.78 is 41.8. The van der Waals surface area contributed by atoms with Crippen LogP contribution in [0.15, 0.2) is 48.5 Å². The molecular formula is C15H13ClF3NO2. The van der Waals surface area contributed by atoms with Crippen LogP contribution in [0, 0.1) is 0 Å². The first-order valence-corrected chi connectivity index (χ1v) is 6.05. The summed E-state index contributed by atoms with van der Waals surface area (Å²) in [5.41, 5.74) is 6.37.